The summed E-state index contributed by atoms with van der Waals surface area (Å²) in [6.45, 7) is 4.11. The van der Waals surface area contributed by atoms with Gasteiger partial charge in [-0.3, -0.25) is 4.79 Å². The molecule has 0 radical (unpaired) electrons. The fraction of sp³-hybridized carbons (Fsp3) is 0.364. The van der Waals surface area contributed by atoms with E-state index in [0.29, 0.717) is 11.6 Å². The number of hydrogen-bond acceptors (Lipinski definition) is 3. The number of imidazole rings is 1. The maximum atomic E-state index is 12.9. The Balaban J connectivity index is 1.42. The molecule has 1 N–H and O–H groups in total. The number of rotatable bonds is 3. The van der Waals surface area contributed by atoms with Crippen LogP contribution in [0, 0.1) is 0 Å². The molecular weight excluding hydrogens is 338 g/mol. The molecule has 1 aliphatic heterocycles. The monoisotopic (exact) mass is 361 g/mol. The average Bonchev–Trinajstić information content (AvgIpc) is 3.39. The van der Waals surface area contributed by atoms with Crippen molar-refractivity contribution in [3.63, 3.8) is 0 Å². The van der Waals surface area contributed by atoms with E-state index in [4.69, 9.17) is 4.74 Å². The highest BCUT2D eigenvalue weighted by Gasteiger charge is 2.34. The van der Waals surface area contributed by atoms with Gasteiger partial charge < -0.3 is 14.6 Å². The molecule has 1 amide bonds. The maximum absolute atomic E-state index is 12.9. The standard InChI is InChI=1S/C22H23N3O2/c1-22(2)12-18(16-5-3-4-6-20(16)27-22)24-21(26)14-7-10-19-17(11-14)23-13-25(19)15-8-9-15/h3-7,10-11,13,15,18H,8-9,12H2,1-2H3,(H,24,26)/t18-/m0/s1. The summed E-state index contributed by atoms with van der Waals surface area (Å²) in [5.41, 5.74) is 3.34. The number of benzene rings is 2. The van der Waals surface area contributed by atoms with E-state index >= 15 is 0 Å². The summed E-state index contributed by atoms with van der Waals surface area (Å²) < 4.78 is 8.28. The van der Waals surface area contributed by atoms with Crippen LogP contribution in [-0.2, 0) is 0 Å². The van der Waals surface area contributed by atoms with Gasteiger partial charge in [-0.25, -0.2) is 4.98 Å². The fourth-order valence-corrected chi connectivity index (χ4v) is 3.99. The van der Waals surface area contributed by atoms with Crippen molar-refractivity contribution in [3.8, 4) is 5.75 Å². The van der Waals surface area contributed by atoms with E-state index in [2.05, 4.69) is 28.7 Å². The van der Waals surface area contributed by atoms with Crippen molar-refractivity contribution in [2.24, 2.45) is 0 Å². The van der Waals surface area contributed by atoms with E-state index in [1.165, 1.54) is 12.8 Å². The molecule has 1 aromatic heterocycles. The minimum absolute atomic E-state index is 0.0721. The lowest BCUT2D eigenvalue weighted by atomic mass is 9.89. The number of nitrogens with one attached hydrogen (secondary N) is 1. The molecule has 3 aromatic rings. The second-order valence-corrected chi connectivity index (χ2v) is 8.22. The van der Waals surface area contributed by atoms with Crippen LogP contribution in [0.1, 0.15) is 61.1 Å². The number of nitrogens with zero attached hydrogens (tertiary/aromatic N) is 2. The summed E-state index contributed by atoms with van der Waals surface area (Å²) in [5, 5.41) is 3.20. The summed E-state index contributed by atoms with van der Waals surface area (Å²) in [6.07, 6.45) is 5.05. The zero-order valence-corrected chi connectivity index (χ0v) is 15.6. The minimum atomic E-state index is -0.320. The highest BCUT2D eigenvalue weighted by Crippen LogP contribution is 2.39. The lowest BCUT2D eigenvalue weighted by Crippen LogP contribution is -2.41. The molecule has 0 spiro atoms. The first kappa shape index (κ1) is 16.4. The van der Waals surface area contributed by atoms with Gasteiger partial charge in [0.25, 0.3) is 5.91 Å². The van der Waals surface area contributed by atoms with Crippen molar-refractivity contribution in [1.29, 1.82) is 0 Å². The van der Waals surface area contributed by atoms with Gasteiger partial charge in [-0.1, -0.05) is 18.2 Å². The summed E-state index contributed by atoms with van der Waals surface area (Å²) >= 11 is 0. The van der Waals surface area contributed by atoms with E-state index in [1.54, 1.807) is 0 Å². The molecule has 2 aromatic carbocycles. The van der Waals surface area contributed by atoms with Crippen molar-refractivity contribution < 1.29 is 9.53 Å². The lowest BCUT2D eigenvalue weighted by Gasteiger charge is -2.37. The van der Waals surface area contributed by atoms with Crippen molar-refractivity contribution >= 4 is 16.9 Å². The minimum Gasteiger partial charge on any atom is -0.487 e. The quantitative estimate of drug-likeness (QED) is 0.752. The lowest BCUT2D eigenvalue weighted by molar-refractivity contribution is 0.0620. The molecular formula is C22H23N3O2. The largest absolute Gasteiger partial charge is 0.487 e. The van der Waals surface area contributed by atoms with Crippen LogP contribution in [0.3, 0.4) is 0 Å². The van der Waals surface area contributed by atoms with Crippen LogP contribution in [0.2, 0.25) is 0 Å². The van der Waals surface area contributed by atoms with Crippen molar-refractivity contribution in [3.05, 3.63) is 59.9 Å². The van der Waals surface area contributed by atoms with E-state index < -0.39 is 0 Å². The van der Waals surface area contributed by atoms with Crippen LogP contribution in [0.4, 0.5) is 0 Å². The molecule has 1 saturated carbocycles. The topological polar surface area (TPSA) is 56.2 Å². The molecule has 5 heteroatoms. The Hall–Kier alpha value is -2.82. The second-order valence-electron chi connectivity index (χ2n) is 8.22. The molecule has 1 fully saturated rings. The van der Waals surface area contributed by atoms with Crippen LogP contribution in [-0.4, -0.2) is 21.1 Å². The summed E-state index contributed by atoms with van der Waals surface area (Å²) in [6, 6.07) is 14.2. The van der Waals surface area contributed by atoms with E-state index in [-0.39, 0.29) is 17.6 Å². The zero-order valence-electron chi connectivity index (χ0n) is 15.6. The normalized spacial score (nSPS) is 20.7. The van der Waals surface area contributed by atoms with E-state index in [1.807, 2.05) is 48.8 Å². The Labute approximate surface area is 158 Å². The number of amides is 1. The van der Waals surface area contributed by atoms with E-state index in [9.17, 15) is 4.79 Å². The van der Waals surface area contributed by atoms with Gasteiger partial charge in [0.05, 0.1) is 23.4 Å². The number of hydrogen-bond donors (Lipinski definition) is 1. The Morgan fingerprint density at radius 2 is 2.04 bits per heavy atom. The SMILES string of the molecule is CC1(C)C[C@H](NC(=O)c2ccc3c(c2)ncn3C2CC2)c2ccccc2O1. The van der Waals surface area contributed by atoms with Gasteiger partial charge in [-0.2, -0.15) is 0 Å². The average molecular weight is 361 g/mol. The number of ether oxygens (including phenoxy) is 1. The highest BCUT2D eigenvalue weighted by molar-refractivity contribution is 5.97. The number of fused-ring (bicyclic) bond motifs is 2. The van der Waals surface area contributed by atoms with Crippen LogP contribution in [0.25, 0.3) is 11.0 Å². The molecule has 1 aliphatic carbocycles. The molecule has 138 valence electrons. The summed E-state index contributed by atoms with van der Waals surface area (Å²) in [5.74, 6) is 0.771. The Morgan fingerprint density at radius 1 is 1.22 bits per heavy atom. The van der Waals surface area contributed by atoms with Gasteiger partial charge in [0.15, 0.2) is 0 Å². The number of aromatic nitrogens is 2. The van der Waals surface area contributed by atoms with Gasteiger partial charge in [-0.05, 0) is 51.0 Å². The Morgan fingerprint density at radius 3 is 2.85 bits per heavy atom. The van der Waals surface area contributed by atoms with Crippen LogP contribution in [0.15, 0.2) is 48.8 Å². The predicted molar refractivity (Wildman–Crippen MR) is 104 cm³/mol. The highest BCUT2D eigenvalue weighted by atomic mass is 16.5. The number of para-hydroxylation sites is 1. The smallest absolute Gasteiger partial charge is 0.251 e. The molecule has 0 saturated heterocycles. The predicted octanol–water partition coefficient (Wildman–Crippen LogP) is 4.40. The maximum Gasteiger partial charge on any atom is 0.251 e. The third-order valence-electron chi connectivity index (χ3n) is 5.46. The molecule has 0 bridgehead atoms. The Bertz CT molecular complexity index is 1030. The first-order chi connectivity index (χ1) is 13.0. The second kappa shape index (κ2) is 5.84. The van der Waals surface area contributed by atoms with Gasteiger partial charge >= 0.3 is 0 Å². The van der Waals surface area contributed by atoms with Crippen molar-refractivity contribution in [2.75, 3.05) is 0 Å². The molecule has 2 heterocycles. The van der Waals surface area contributed by atoms with E-state index in [0.717, 1.165) is 28.8 Å². The molecule has 2 aliphatic rings. The molecule has 5 nitrogen and oxygen atoms in total. The molecule has 1 atom stereocenters. The third-order valence-corrected chi connectivity index (χ3v) is 5.46. The molecule has 5 rings (SSSR count). The number of carbonyl (C=O) groups excluding carboxylic acids is 1. The first-order valence-corrected chi connectivity index (χ1v) is 9.56. The molecule has 0 unspecified atom stereocenters. The first-order valence-electron chi connectivity index (χ1n) is 9.56. The van der Waals surface area contributed by atoms with Crippen molar-refractivity contribution in [1.82, 2.24) is 14.9 Å². The van der Waals surface area contributed by atoms with Crippen LogP contribution >= 0.6 is 0 Å². The van der Waals surface area contributed by atoms with Crippen LogP contribution in [0.5, 0.6) is 5.75 Å². The van der Waals surface area contributed by atoms with Crippen LogP contribution < -0.4 is 10.1 Å². The van der Waals surface area contributed by atoms with Gasteiger partial charge in [-0.15, -0.1) is 0 Å². The fourth-order valence-electron chi connectivity index (χ4n) is 3.99. The third kappa shape index (κ3) is 2.97. The zero-order chi connectivity index (χ0) is 18.6. The van der Waals surface area contributed by atoms with Gasteiger partial charge in [0.2, 0.25) is 0 Å². The molecule has 27 heavy (non-hydrogen) atoms. The van der Waals surface area contributed by atoms with Gasteiger partial charge in [0.1, 0.15) is 11.4 Å². The Kier molecular flexibility index (Phi) is 3.54. The van der Waals surface area contributed by atoms with Gasteiger partial charge in [0, 0.05) is 23.6 Å². The summed E-state index contributed by atoms with van der Waals surface area (Å²) in [7, 11) is 0. The summed E-state index contributed by atoms with van der Waals surface area (Å²) in [4.78, 5) is 17.4. The number of carbonyl (C=O) groups is 1. The van der Waals surface area contributed by atoms with Crippen molar-refractivity contribution in [2.45, 2.75) is 50.8 Å².